The number of carbonyl (C=O) groups is 1. The number of amides is 1. The quantitative estimate of drug-likeness (QED) is 0.624. The van der Waals surface area contributed by atoms with Crippen LogP contribution in [-0.4, -0.2) is 19.6 Å². The lowest BCUT2D eigenvalue weighted by Crippen LogP contribution is -2.28. The van der Waals surface area contributed by atoms with Gasteiger partial charge >= 0.3 is 0 Å². The van der Waals surface area contributed by atoms with E-state index in [4.69, 9.17) is 0 Å². The zero-order chi connectivity index (χ0) is 9.68. The summed E-state index contributed by atoms with van der Waals surface area (Å²) in [5.74, 6) is -0.206. The molecule has 0 unspecified atom stereocenters. The second-order valence-electron chi connectivity index (χ2n) is 2.66. The summed E-state index contributed by atoms with van der Waals surface area (Å²) in [5.41, 5.74) is 3.90. The van der Waals surface area contributed by atoms with Crippen molar-refractivity contribution in [3.05, 3.63) is 23.4 Å². The minimum atomic E-state index is -0.206. The molecule has 0 aromatic rings. The Morgan fingerprint density at radius 3 is 3.15 bits per heavy atom. The molecule has 0 aromatic heterocycles. The minimum absolute atomic E-state index is 0.206. The van der Waals surface area contributed by atoms with Gasteiger partial charge < -0.3 is 5.32 Å². The zero-order valence-corrected chi connectivity index (χ0v) is 7.89. The summed E-state index contributed by atoms with van der Waals surface area (Å²) < 4.78 is 0. The van der Waals surface area contributed by atoms with E-state index in [2.05, 4.69) is 15.6 Å². The third kappa shape index (κ3) is 2.32. The fourth-order valence-electron chi connectivity index (χ4n) is 1.23. The van der Waals surface area contributed by atoms with Gasteiger partial charge in [-0.25, -0.2) is 5.48 Å². The van der Waals surface area contributed by atoms with Crippen LogP contribution >= 0.6 is 0 Å². The van der Waals surface area contributed by atoms with Gasteiger partial charge in [0.05, 0.1) is 12.7 Å². The monoisotopic (exact) mass is 182 g/mol. The van der Waals surface area contributed by atoms with Crippen LogP contribution in [0.2, 0.25) is 0 Å². The van der Waals surface area contributed by atoms with Gasteiger partial charge in [0.2, 0.25) is 0 Å². The number of rotatable bonds is 3. The molecule has 0 fully saturated rings. The number of hydrogen-bond donors (Lipinski definition) is 2. The van der Waals surface area contributed by atoms with E-state index >= 15 is 0 Å². The fourth-order valence-corrected chi connectivity index (χ4v) is 1.23. The molecule has 0 saturated heterocycles. The predicted molar refractivity (Wildman–Crippen MR) is 49.6 cm³/mol. The summed E-state index contributed by atoms with van der Waals surface area (Å²) in [6.07, 6.45) is 4.53. The van der Waals surface area contributed by atoms with Crippen molar-refractivity contribution in [2.75, 3.05) is 13.7 Å². The summed E-state index contributed by atoms with van der Waals surface area (Å²) >= 11 is 0. The van der Waals surface area contributed by atoms with Gasteiger partial charge in [0.25, 0.3) is 5.91 Å². The maximum absolute atomic E-state index is 11.4. The van der Waals surface area contributed by atoms with Gasteiger partial charge in [-0.3, -0.25) is 9.63 Å². The molecule has 1 rings (SSSR count). The van der Waals surface area contributed by atoms with Crippen LogP contribution in [0.25, 0.3) is 0 Å². The van der Waals surface area contributed by atoms with Crippen molar-refractivity contribution >= 4 is 5.91 Å². The van der Waals surface area contributed by atoms with Crippen molar-refractivity contribution in [1.82, 2.24) is 10.8 Å². The summed E-state index contributed by atoms with van der Waals surface area (Å²) in [4.78, 5) is 15.9. The molecule has 4 heteroatoms. The van der Waals surface area contributed by atoms with E-state index in [0.717, 1.165) is 18.7 Å². The molecule has 2 N–H and O–H groups in total. The van der Waals surface area contributed by atoms with Gasteiger partial charge in [-0.15, -0.1) is 0 Å². The molecular formula is C9H14N2O2. The number of carbonyl (C=O) groups excluding carboxylic acids is 1. The molecule has 1 amide bonds. The van der Waals surface area contributed by atoms with Crippen LogP contribution in [0.15, 0.2) is 23.4 Å². The summed E-state index contributed by atoms with van der Waals surface area (Å²) in [7, 11) is 1.42. The Morgan fingerprint density at radius 1 is 1.77 bits per heavy atom. The Hall–Kier alpha value is -1.29. The highest BCUT2D eigenvalue weighted by Gasteiger charge is 2.13. The number of hydroxylamine groups is 1. The van der Waals surface area contributed by atoms with Gasteiger partial charge in [-0.05, 0) is 12.5 Å². The van der Waals surface area contributed by atoms with Crippen LogP contribution in [-0.2, 0) is 9.63 Å². The third-order valence-corrected chi connectivity index (χ3v) is 1.84. The summed E-state index contributed by atoms with van der Waals surface area (Å²) in [6, 6.07) is 0. The van der Waals surface area contributed by atoms with Crippen molar-refractivity contribution in [3.8, 4) is 0 Å². The lowest BCUT2D eigenvalue weighted by molar-refractivity contribution is -0.127. The molecule has 0 aromatic carbocycles. The number of dihydropyridines is 1. The van der Waals surface area contributed by atoms with Crippen LogP contribution in [0, 0.1) is 0 Å². The molecule has 1 aliphatic rings. The molecule has 1 heterocycles. The average molecular weight is 182 g/mol. The van der Waals surface area contributed by atoms with Crippen LogP contribution in [0.4, 0.5) is 0 Å². The van der Waals surface area contributed by atoms with Crippen molar-refractivity contribution in [3.63, 3.8) is 0 Å². The van der Waals surface area contributed by atoms with E-state index in [1.807, 2.05) is 19.1 Å². The molecular weight excluding hydrogens is 168 g/mol. The SMILES string of the molecule is CCC1=C(C(=O)NOC)C=CCN1. The maximum Gasteiger partial charge on any atom is 0.276 e. The largest absolute Gasteiger partial charge is 0.384 e. The summed E-state index contributed by atoms with van der Waals surface area (Å²) in [6.45, 7) is 2.79. The smallest absolute Gasteiger partial charge is 0.276 e. The lowest BCUT2D eigenvalue weighted by atomic mass is 10.1. The molecule has 4 nitrogen and oxygen atoms in total. The first-order chi connectivity index (χ1) is 6.29. The van der Waals surface area contributed by atoms with E-state index < -0.39 is 0 Å². The fraction of sp³-hybridized carbons (Fsp3) is 0.444. The highest BCUT2D eigenvalue weighted by molar-refractivity contribution is 5.96. The average Bonchev–Trinajstić information content (AvgIpc) is 2.18. The van der Waals surface area contributed by atoms with Gasteiger partial charge in [0.15, 0.2) is 0 Å². The van der Waals surface area contributed by atoms with Gasteiger partial charge in [0.1, 0.15) is 0 Å². The minimum Gasteiger partial charge on any atom is -0.384 e. The molecule has 0 radical (unpaired) electrons. The van der Waals surface area contributed by atoms with Gasteiger partial charge in [-0.1, -0.05) is 13.0 Å². The highest BCUT2D eigenvalue weighted by Crippen LogP contribution is 2.10. The van der Waals surface area contributed by atoms with E-state index in [0.29, 0.717) is 5.57 Å². The number of hydrogen-bond acceptors (Lipinski definition) is 3. The molecule has 0 bridgehead atoms. The molecule has 0 saturated carbocycles. The number of nitrogens with one attached hydrogen (secondary N) is 2. The standard InChI is InChI=1S/C9H14N2O2/c1-3-8-7(5-4-6-10-8)9(12)11-13-2/h4-5,10H,3,6H2,1-2H3,(H,11,12). The second kappa shape index (κ2) is 4.67. The van der Waals surface area contributed by atoms with Crippen molar-refractivity contribution in [2.24, 2.45) is 0 Å². The summed E-state index contributed by atoms with van der Waals surface area (Å²) in [5, 5.41) is 3.13. The van der Waals surface area contributed by atoms with Crippen LogP contribution in [0.5, 0.6) is 0 Å². The Bertz CT molecular complexity index is 256. The number of allylic oxidation sites excluding steroid dienone is 1. The van der Waals surface area contributed by atoms with E-state index in [-0.39, 0.29) is 5.91 Å². The maximum atomic E-state index is 11.4. The highest BCUT2D eigenvalue weighted by atomic mass is 16.6. The van der Waals surface area contributed by atoms with E-state index in [1.165, 1.54) is 7.11 Å². The van der Waals surface area contributed by atoms with Crippen molar-refractivity contribution in [1.29, 1.82) is 0 Å². The first kappa shape index (κ1) is 9.80. The Labute approximate surface area is 77.6 Å². The zero-order valence-electron chi connectivity index (χ0n) is 7.89. The topological polar surface area (TPSA) is 50.4 Å². The molecule has 0 atom stereocenters. The molecule has 0 spiro atoms. The van der Waals surface area contributed by atoms with E-state index in [1.54, 1.807) is 0 Å². The lowest BCUT2D eigenvalue weighted by Gasteiger charge is -2.15. The Kier molecular flexibility index (Phi) is 3.52. The first-order valence-electron chi connectivity index (χ1n) is 4.26. The van der Waals surface area contributed by atoms with Gasteiger partial charge in [-0.2, -0.15) is 0 Å². The van der Waals surface area contributed by atoms with Crippen LogP contribution in [0.3, 0.4) is 0 Å². The van der Waals surface area contributed by atoms with Crippen LogP contribution in [0.1, 0.15) is 13.3 Å². The van der Waals surface area contributed by atoms with E-state index in [9.17, 15) is 4.79 Å². The third-order valence-electron chi connectivity index (χ3n) is 1.84. The first-order valence-corrected chi connectivity index (χ1v) is 4.26. The molecule has 0 aliphatic carbocycles. The van der Waals surface area contributed by atoms with Crippen LogP contribution < -0.4 is 10.8 Å². The van der Waals surface area contributed by atoms with Crippen molar-refractivity contribution in [2.45, 2.75) is 13.3 Å². The predicted octanol–water partition coefficient (Wildman–Crippen LogP) is 0.487. The molecule has 72 valence electrons. The molecule has 13 heavy (non-hydrogen) atoms. The van der Waals surface area contributed by atoms with Crippen molar-refractivity contribution < 1.29 is 9.63 Å². The normalized spacial score (nSPS) is 15.5. The second-order valence-corrected chi connectivity index (χ2v) is 2.66. The Morgan fingerprint density at radius 2 is 2.54 bits per heavy atom. The van der Waals surface area contributed by atoms with Gasteiger partial charge in [0, 0.05) is 12.2 Å². The Balaban J connectivity index is 2.79. The molecule has 1 aliphatic heterocycles.